The van der Waals surface area contributed by atoms with Crippen LogP contribution in [0, 0.1) is 0 Å². The van der Waals surface area contributed by atoms with Gasteiger partial charge in [0.1, 0.15) is 5.69 Å². The van der Waals surface area contributed by atoms with Crippen LogP contribution in [0.3, 0.4) is 0 Å². The number of rotatable bonds is 5. The zero-order valence-electron chi connectivity index (χ0n) is 15.1. The van der Waals surface area contributed by atoms with Crippen LogP contribution >= 0.6 is 11.6 Å². The first-order chi connectivity index (χ1) is 13.5. The zero-order chi connectivity index (χ0) is 19.9. The van der Waals surface area contributed by atoms with Crippen LogP contribution in [0.15, 0.2) is 42.6 Å². The highest BCUT2D eigenvalue weighted by Crippen LogP contribution is 2.26. The van der Waals surface area contributed by atoms with Crippen LogP contribution in [0.4, 0.5) is 5.69 Å². The molecule has 1 aliphatic rings. The molecule has 0 radical (unpaired) electrons. The van der Waals surface area contributed by atoms with E-state index in [2.05, 4.69) is 27.2 Å². The van der Waals surface area contributed by atoms with Gasteiger partial charge in [0.25, 0.3) is 17.7 Å². The number of hydrogen-bond donors (Lipinski definition) is 3. The monoisotopic (exact) mass is 401 g/mol. The number of anilines is 1. The summed E-state index contributed by atoms with van der Waals surface area (Å²) < 4.78 is 0. The van der Waals surface area contributed by atoms with Crippen LogP contribution in [0.5, 0.6) is 0 Å². The van der Waals surface area contributed by atoms with Crippen molar-refractivity contribution in [3.05, 3.63) is 58.9 Å². The lowest BCUT2D eigenvalue weighted by molar-refractivity contribution is -0.127. The van der Waals surface area contributed by atoms with Gasteiger partial charge >= 0.3 is 0 Å². The van der Waals surface area contributed by atoms with E-state index in [4.69, 9.17) is 11.6 Å². The van der Waals surface area contributed by atoms with E-state index < -0.39 is 11.8 Å². The van der Waals surface area contributed by atoms with Gasteiger partial charge in [0.05, 0.1) is 13.1 Å². The number of fused-ring (bicyclic) bond motifs is 1. The lowest BCUT2D eigenvalue weighted by Gasteiger charge is -2.30. The molecule has 1 aromatic heterocycles. The van der Waals surface area contributed by atoms with E-state index in [1.807, 2.05) is 23.1 Å². The Hall–Kier alpha value is -3.13. The summed E-state index contributed by atoms with van der Waals surface area (Å²) in [5, 5.41) is 2.78. The Labute approximate surface area is 167 Å². The summed E-state index contributed by atoms with van der Waals surface area (Å²) in [6.45, 7) is 0.608. The largest absolute Gasteiger partial charge is 0.362 e. The fourth-order valence-electron chi connectivity index (χ4n) is 2.95. The minimum atomic E-state index is -0.553. The zero-order valence-corrected chi connectivity index (χ0v) is 15.8. The topological polar surface area (TPSA) is 103 Å². The van der Waals surface area contributed by atoms with Crippen molar-refractivity contribution in [2.45, 2.75) is 12.8 Å². The molecule has 9 heteroatoms. The number of aryl methyl sites for hydroxylation is 1. The van der Waals surface area contributed by atoms with Crippen molar-refractivity contribution in [3.8, 4) is 0 Å². The summed E-state index contributed by atoms with van der Waals surface area (Å²) >= 11 is 5.80. The lowest BCUT2D eigenvalue weighted by atomic mass is 10.0. The molecule has 0 atom stereocenters. The number of nitrogens with one attached hydrogen (secondary N) is 3. The summed E-state index contributed by atoms with van der Waals surface area (Å²) in [6.07, 6.45) is 3.36. The molecule has 0 aliphatic carbocycles. The Morgan fingerprint density at radius 1 is 1.11 bits per heavy atom. The summed E-state index contributed by atoms with van der Waals surface area (Å²) in [5.41, 5.74) is 7.01. The normalized spacial score (nSPS) is 12.7. The molecular weight excluding hydrogens is 382 g/mol. The van der Waals surface area contributed by atoms with Gasteiger partial charge in [-0.05, 0) is 36.6 Å². The van der Waals surface area contributed by atoms with Gasteiger partial charge in [-0.2, -0.15) is 0 Å². The number of para-hydroxylation sites is 1. The molecule has 1 aliphatic heterocycles. The molecule has 28 heavy (non-hydrogen) atoms. The maximum atomic E-state index is 12.1. The molecule has 1 aromatic carbocycles. The van der Waals surface area contributed by atoms with Crippen molar-refractivity contribution in [3.63, 3.8) is 0 Å². The van der Waals surface area contributed by atoms with Crippen molar-refractivity contribution in [1.82, 2.24) is 21.2 Å². The maximum absolute atomic E-state index is 12.1. The standard InChI is InChI=1S/C19H20ClN5O3/c20-14-7-8-21-15(10-14)19(28)22-11-17(26)23-24-18(27)12-25-9-3-5-13-4-1-2-6-16(13)25/h1-2,4,6-8,10H,3,5,9,11-12H2,(H,22,28)(H,23,26)(H,24,27). The van der Waals surface area contributed by atoms with Crippen molar-refractivity contribution in [2.24, 2.45) is 0 Å². The molecule has 3 amide bonds. The van der Waals surface area contributed by atoms with Crippen LogP contribution in [0.2, 0.25) is 5.02 Å². The smallest absolute Gasteiger partial charge is 0.270 e. The minimum Gasteiger partial charge on any atom is -0.362 e. The summed E-state index contributed by atoms with van der Waals surface area (Å²) in [6, 6.07) is 10.9. The van der Waals surface area contributed by atoms with Gasteiger partial charge in [0.15, 0.2) is 0 Å². The van der Waals surface area contributed by atoms with Crippen molar-refractivity contribution in [1.29, 1.82) is 0 Å². The minimum absolute atomic E-state index is 0.105. The number of carbonyl (C=O) groups is 3. The van der Waals surface area contributed by atoms with Gasteiger partial charge in [0, 0.05) is 23.5 Å². The van der Waals surface area contributed by atoms with E-state index in [0.717, 1.165) is 25.1 Å². The number of pyridine rings is 1. The molecule has 0 bridgehead atoms. The van der Waals surface area contributed by atoms with Gasteiger partial charge in [-0.15, -0.1) is 0 Å². The number of hydrogen-bond acceptors (Lipinski definition) is 5. The third-order valence-electron chi connectivity index (χ3n) is 4.25. The summed E-state index contributed by atoms with van der Waals surface area (Å²) in [7, 11) is 0. The van der Waals surface area contributed by atoms with Gasteiger partial charge in [-0.3, -0.25) is 30.2 Å². The van der Waals surface area contributed by atoms with Crippen molar-refractivity contribution in [2.75, 3.05) is 24.5 Å². The third kappa shape index (κ3) is 5.20. The van der Waals surface area contributed by atoms with Gasteiger partial charge in [-0.1, -0.05) is 29.8 Å². The summed E-state index contributed by atoms with van der Waals surface area (Å²) in [5.74, 6) is -1.43. The highest BCUT2D eigenvalue weighted by Gasteiger charge is 2.19. The molecule has 0 unspecified atom stereocenters. The van der Waals surface area contributed by atoms with Crippen molar-refractivity contribution >= 4 is 35.0 Å². The highest BCUT2D eigenvalue weighted by molar-refractivity contribution is 6.30. The van der Waals surface area contributed by atoms with E-state index in [1.165, 1.54) is 17.8 Å². The number of nitrogens with zero attached hydrogens (tertiary/aromatic N) is 2. The Kier molecular flexibility index (Phi) is 6.44. The van der Waals surface area contributed by atoms with E-state index >= 15 is 0 Å². The number of benzene rings is 1. The molecule has 0 fully saturated rings. The number of aromatic nitrogens is 1. The van der Waals surface area contributed by atoms with E-state index in [0.29, 0.717) is 5.02 Å². The molecular formula is C19H20ClN5O3. The second-order valence-electron chi connectivity index (χ2n) is 6.29. The van der Waals surface area contributed by atoms with Crippen LogP contribution in [0.1, 0.15) is 22.5 Å². The number of halogens is 1. The maximum Gasteiger partial charge on any atom is 0.270 e. The Balaban J connectivity index is 1.42. The third-order valence-corrected chi connectivity index (χ3v) is 4.48. The van der Waals surface area contributed by atoms with Crippen LogP contribution in [-0.4, -0.2) is 42.3 Å². The van der Waals surface area contributed by atoms with E-state index in [9.17, 15) is 14.4 Å². The highest BCUT2D eigenvalue weighted by atomic mass is 35.5. The lowest BCUT2D eigenvalue weighted by Crippen LogP contribution is -2.50. The van der Waals surface area contributed by atoms with Crippen LogP contribution in [-0.2, 0) is 16.0 Å². The van der Waals surface area contributed by atoms with E-state index in [-0.39, 0.29) is 24.7 Å². The van der Waals surface area contributed by atoms with Gasteiger partial charge < -0.3 is 10.2 Å². The Morgan fingerprint density at radius 3 is 2.71 bits per heavy atom. The number of amides is 3. The number of hydrazine groups is 1. The van der Waals surface area contributed by atoms with Crippen LogP contribution in [0.25, 0.3) is 0 Å². The fraction of sp³-hybridized carbons (Fsp3) is 0.263. The molecule has 0 spiro atoms. The molecule has 3 N–H and O–H groups in total. The van der Waals surface area contributed by atoms with Gasteiger partial charge in [0.2, 0.25) is 0 Å². The van der Waals surface area contributed by atoms with Gasteiger partial charge in [-0.25, -0.2) is 0 Å². The SMILES string of the molecule is O=C(CNC(=O)c1cc(Cl)ccn1)NNC(=O)CN1CCCc2ccccc21. The molecule has 0 saturated heterocycles. The van der Waals surface area contributed by atoms with Crippen LogP contribution < -0.4 is 21.1 Å². The molecule has 146 valence electrons. The Morgan fingerprint density at radius 2 is 1.89 bits per heavy atom. The molecule has 2 aromatic rings. The molecule has 8 nitrogen and oxygen atoms in total. The fourth-order valence-corrected chi connectivity index (χ4v) is 3.11. The quantitative estimate of drug-likeness (QED) is 0.650. The first kappa shape index (κ1) is 19.6. The molecule has 2 heterocycles. The predicted octanol–water partition coefficient (Wildman–Crippen LogP) is 1.07. The first-order valence-corrected chi connectivity index (χ1v) is 9.21. The average Bonchev–Trinajstić information content (AvgIpc) is 2.71. The van der Waals surface area contributed by atoms with Crippen molar-refractivity contribution < 1.29 is 14.4 Å². The Bertz CT molecular complexity index is 889. The second kappa shape index (κ2) is 9.18. The average molecular weight is 402 g/mol. The predicted molar refractivity (Wildman–Crippen MR) is 105 cm³/mol. The first-order valence-electron chi connectivity index (χ1n) is 8.83. The summed E-state index contributed by atoms with van der Waals surface area (Å²) in [4.78, 5) is 41.7. The number of carbonyl (C=O) groups excluding carboxylic acids is 3. The second-order valence-corrected chi connectivity index (χ2v) is 6.73. The molecule has 0 saturated carbocycles. The molecule has 3 rings (SSSR count). The van der Waals surface area contributed by atoms with E-state index in [1.54, 1.807) is 6.07 Å².